The molecule has 4 aromatic rings. The molecule has 11 heteroatoms. The number of nitrogens with zero attached hydrogens (tertiary/aromatic N) is 2. The van der Waals surface area contributed by atoms with E-state index in [1.165, 1.54) is 35.2 Å². The summed E-state index contributed by atoms with van der Waals surface area (Å²) < 4.78 is 29.2. The highest BCUT2D eigenvalue weighted by Gasteiger charge is 2.35. The monoisotopic (exact) mass is 685 g/mol. The highest BCUT2D eigenvalue weighted by atomic mass is 35.5. The van der Waals surface area contributed by atoms with Crippen LogP contribution in [0.4, 0.5) is 5.69 Å². The Balaban J connectivity index is 1.82. The number of anilines is 1. The number of aryl methyl sites for hydroxylation is 1. The lowest BCUT2D eigenvalue weighted by Gasteiger charge is -2.34. The molecule has 0 aliphatic heterocycles. The van der Waals surface area contributed by atoms with Gasteiger partial charge in [-0.05, 0) is 60.9 Å². The third kappa shape index (κ3) is 8.79. The number of carbonyl (C=O) groups is 2. The van der Waals surface area contributed by atoms with Gasteiger partial charge in [0.15, 0.2) is 0 Å². The Morgan fingerprint density at radius 1 is 0.822 bits per heavy atom. The molecule has 4 aromatic carbocycles. The molecule has 0 unspecified atom stereocenters. The number of halogens is 3. The normalized spacial score (nSPS) is 11.9. The van der Waals surface area contributed by atoms with Crippen molar-refractivity contribution < 1.29 is 18.0 Å². The molecule has 0 heterocycles. The molecule has 0 fully saturated rings. The quantitative estimate of drug-likeness (QED) is 0.160. The first-order chi connectivity index (χ1) is 21.5. The predicted molar refractivity (Wildman–Crippen MR) is 181 cm³/mol. The van der Waals surface area contributed by atoms with Crippen molar-refractivity contribution >= 4 is 62.3 Å². The van der Waals surface area contributed by atoms with Crippen molar-refractivity contribution in [2.24, 2.45) is 0 Å². The molecule has 0 saturated heterocycles. The average molecular weight is 687 g/mol. The number of carbonyl (C=O) groups excluding carboxylic acids is 2. The lowest BCUT2D eigenvalue weighted by Crippen LogP contribution is -2.53. The molecule has 236 valence electrons. The second-order valence-electron chi connectivity index (χ2n) is 10.5. The Morgan fingerprint density at radius 2 is 1.49 bits per heavy atom. The van der Waals surface area contributed by atoms with Crippen LogP contribution in [-0.4, -0.2) is 44.3 Å². The van der Waals surface area contributed by atoms with E-state index in [4.69, 9.17) is 34.8 Å². The van der Waals surface area contributed by atoms with Crippen LogP contribution in [0.25, 0.3) is 0 Å². The average Bonchev–Trinajstić information content (AvgIpc) is 3.03. The minimum Gasteiger partial charge on any atom is -0.354 e. The maximum Gasteiger partial charge on any atom is 0.264 e. The molecule has 0 saturated carbocycles. The fourth-order valence-electron chi connectivity index (χ4n) is 4.74. The van der Waals surface area contributed by atoms with E-state index in [-0.39, 0.29) is 39.5 Å². The summed E-state index contributed by atoms with van der Waals surface area (Å²) in [7, 11) is -4.27. The Labute approximate surface area is 279 Å². The minimum absolute atomic E-state index is 0.00819. The molecule has 2 amide bonds. The molecular formula is C34H34Cl3N3O4S. The second-order valence-corrected chi connectivity index (χ2v) is 13.6. The molecule has 1 N–H and O–H groups in total. The highest BCUT2D eigenvalue weighted by molar-refractivity contribution is 7.92. The molecule has 0 aromatic heterocycles. The Hall–Kier alpha value is -3.56. The molecular weight excluding hydrogens is 653 g/mol. The number of sulfonamides is 1. The molecule has 4 rings (SSSR count). The number of hydrogen-bond acceptors (Lipinski definition) is 4. The molecule has 1 atom stereocenters. The summed E-state index contributed by atoms with van der Waals surface area (Å²) in [6, 6.07) is 26.1. The fraction of sp³-hybridized carbons (Fsp3) is 0.235. The van der Waals surface area contributed by atoms with Crippen LogP contribution >= 0.6 is 34.8 Å². The van der Waals surface area contributed by atoms with Gasteiger partial charge >= 0.3 is 0 Å². The smallest absolute Gasteiger partial charge is 0.264 e. The van der Waals surface area contributed by atoms with Crippen molar-refractivity contribution in [2.45, 2.75) is 44.2 Å². The van der Waals surface area contributed by atoms with Crippen LogP contribution in [-0.2, 0) is 32.6 Å². The summed E-state index contributed by atoms with van der Waals surface area (Å²) in [6.07, 6.45) is 0.895. The van der Waals surface area contributed by atoms with E-state index in [9.17, 15) is 18.0 Å². The first kappa shape index (κ1) is 34.3. The van der Waals surface area contributed by atoms with E-state index < -0.39 is 28.5 Å². The van der Waals surface area contributed by atoms with Gasteiger partial charge in [-0.25, -0.2) is 8.42 Å². The fourth-order valence-corrected chi connectivity index (χ4v) is 6.63. The molecule has 0 bridgehead atoms. The number of rotatable bonds is 13. The third-order valence-electron chi connectivity index (χ3n) is 7.20. The second kappa shape index (κ2) is 15.6. The topological polar surface area (TPSA) is 86.8 Å². The highest BCUT2D eigenvalue weighted by Crippen LogP contribution is 2.31. The first-order valence-electron chi connectivity index (χ1n) is 14.4. The van der Waals surface area contributed by atoms with Gasteiger partial charge in [0.2, 0.25) is 11.8 Å². The standard InChI is InChI=1S/C34H34Cl3N3O4S/c1-3-19-38-34(42)32(20-25-9-5-4-6-10-25)39(22-26-11-7-8-12-29(26)35)33(41)23-40(27-15-18-30(36)31(37)21-27)45(43,44)28-16-13-24(2)14-17-28/h4-18,21,32H,3,19-20,22-23H2,1-2H3,(H,38,42)/t32-/m1/s1. The van der Waals surface area contributed by atoms with Crippen molar-refractivity contribution in [1.82, 2.24) is 10.2 Å². The van der Waals surface area contributed by atoms with E-state index >= 15 is 0 Å². The molecule has 0 radical (unpaired) electrons. The minimum atomic E-state index is -4.27. The van der Waals surface area contributed by atoms with E-state index in [2.05, 4.69) is 5.32 Å². The molecule has 0 aliphatic carbocycles. The summed E-state index contributed by atoms with van der Waals surface area (Å²) in [6.45, 7) is 3.54. The SMILES string of the molecule is CCCNC(=O)[C@@H](Cc1ccccc1)N(Cc1ccccc1Cl)C(=O)CN(c1ccc(Cl)c(Cl)c1)S(=O)(=O)c1ccc(C)cc1. The van der Waals surface area contributed by atoms with E-state index in [0.717, 1.165) is 15.4 Å². The summed E-state index contributed by atoms with van der Waals surface area (Å²) >= 11 is 19.0. The van der Waals surface area contributed by atoms with Crippen LogP contribution in [0.2, 0.25) is 15.1 Å². The van der Waals surface area contributed by atoms with Crippen molar-refractivity contribution in [1.29, 1.82) is 0 Å². The summed E-state index contributed by atoms with van der Waals surface area (Å²) in [5, 5.41) is 3.69. The summed E-state index contributed by atoms with van der Waals surface area (Å²) in [5.41, 5.74) is 2.46. The Bertz CT molecular complexity index is 1740. The molecule has 7 nitrogen and oxygen atoms in total. The van der Waals surface area contributed by atoms with Crippen LogP contribution in [0.15, 0.2) is 102 Å². The first-order valence-corrected chi connectivity index (χ1v) is 17.0. The van der Waals surface area contributed by atoms with Gasteiger partial charge in [-0.1, -0.05) is 108 Å². The van der Waals surface area contributed by atoms with Gasteiger partial charge in [0.1, 0.15) is 12.6 Å². The number of amides is 2. The number of benzene rings is 4. The van der Waals surface area contributed by atoms with Crippen LogP contribution in [0.3, 0.4) is 0 Å². The van der Waals surface area contributed by atoms with Gasteiger partial charge in [0.05, 0.1) is 20.6 Å². The zero-order chi connectivity index (χ0) is 32.6. The zero-order valence-electron chi connectivity index (χ0n) is 24.9. The van der Waals surface area contributed by atoms with Gasteiger partial charge in [-0.15, -0.1) is 0 Å². The third-order valence-corrected chi connectivity index (χ3v) is 10.1. The lowest BCUT2D eigenvalue weighted by atomic mass is 10.0. The molecule has 0 aliphatic rings. The van der Waals surface area contributed by atoms with Crippen LogP contribution < -0.4 is 9.62 Å². The lowest BCUT2D eigenvalue weighted by molar-refractivity contribution is -0.140. The maximum absolute atomic E-state index is 14.5. The van der Waals surface area contributed by atoms with Crippen molar-refractivity contribution in [3.63, 3.8) is 0 Å². The van der Waals surface area contributed by atoms with E-state index in [0.29, 0.717) is 23.6 Å². The summed E-state index contributed by atoms with van der Waals surface area (Å²) in [4.78, 5) is 29.6. The van der Waals surface area contributed by atoms with Gasteiger partial charge in [0, 0.05) is 24.5 Å². The Morgan fingerprint density at radius 3 is 2.13 bits per heavy atom. The van der Waals surface area contributed by atoms with Gasteiger partial charge in [-0.3, -0.25) is 13.9 Å². The molecule has 45 heavy (non-hydrogen) atoms. The zero-order valence-corrected chi connectivity index (χ0v) is 28.0. The van der Waals surface area contributed by atoms with Crippen molar-refractivity contribution in [2.75, 3.05) is 17.4 Å². The Kier molecular flexibility index (Phi) is 11.9. The van der Waals surface area contributed by atoms with Gasteiger partial charge < -0.3 is 10.2 Å². The number of nitrogens with one attached hydrogen (secondary N) is 1. The van der Waals surface area contributed by atoms with Gasteiger partial charge in [-0.2, -0.15) is 0 Å². The van der Waals surface area contributed by atoms with Crippen LogP contribution in [0, 0.1) is 6.92 Å². The van der Waals surface area contributed by atoms with Crippen molar-refractivity contribution in [3.05, 3.63) is 129 Å². The maximum atomic E-state index is 14.5. The van der Waals surface area contributed by atoms with Gasteiger partial charge in [0.25, 0.3) is 10.0 Å². The van der Waals surface area contributed by atoms with Crippen LogP contribution in [0.5, 0.6) is 0 Å². The van der Waals surface area contributed by atoms with E-state index in [1.807, 2.05) is 44.2 Å². The van der Waals surface area contributed by atoms with Crippen LogP contribution in [0.1, 0.15) is 30.0 Å². The predicted octanol–water partition coefficient (Wildman–Crippen LogP) is 7.32. The summed E-state index contributed by atoms with van der Waals surface area (Å²) in [5.74, 6) is -0.965. The number of hydrogen-bond donors (Lipinski definition) is 1. The van der Waals surface area contributed by atoms with E-state index in [1.54, 1.807) is 36.4 Å². The van der Waals surface area contributed by atoms with Crippen molar-refractivity contribution in [3.8, 4) is 0 Å². The largest absolute Gasteiger partial charge is 0.354 e. The molecule has 0 spiro atoms.